The molecule has 0 saturated heterocycles. The monoisotopic (exact) mass is 395 g/mol. The maximum absolute atomic E-state index is 12.1. The Kier molecular flexibility index (Phi) is 7.38. The van der Waals surface area contributed by atoms with Gasteiger partial charge in [-0.1, -0.05) is 23.7 Å². The Labute approximate surface area is 159 Å². The fraction of sp³-hybridized carbons (Fsp3) is 0.294. The highest BCUT2D eigenvalue weighted by Crippen LogP contribution is 2.15. The number of nitrogens with one attached hydrogen (secondary N) is 3. The van der Waals surface area contributed by atoms with Crippen LogP contribution in [0.2, 0.25) is 5.02 Å². The van der Waals surface area contributed by atoms with Gasteiger partial charge in [0.2, 0.25) is 10.0 Å². The largest absolute Gasteiger partial charge is 0.355 e. The molecule has 1 aromatic heterocycles. The van der Waals surface area contributed by atoms with Crippen LogP contribution in [0.5, 0.6) is 0 Å². The summed E-state index contributed by atoms with van der Waals surface area (Å²) in [6, 6.07) is 10.6. The van der Waals surface area contributed by atoms with Crippen LogP contribution < -0.4 is 15.4 Å². The van der Waals surface area contributed by atoms with Crippen LogP contribution in [0, 0.1) is 0 Å². The van der Waals surface area contributed by atoms with E-state index in [9.17, 15) is 8.42 Å². The van der Waals surface area contributed by atoms with Gasteiger partial charge in [-0.05, 0) is 36.8 Å². The molecule has 1 atom stereocenters. The zero-order valence-electron chi connectivity index (χ0n) is 14.6. The molecular weight excluding hydrogens is 374 g/mol. The summed E-state index contributed by atoms with van der Waals surface area (Å²) < 4.78 is 26.7. The van der Waals surface area contributed by atoms with Crippen molar-refractivity contribution >= 4 is 27.6 Å². The summed E-state index contributed by atoms with van der Waals surface area (Å²) in [5.41, 5.74) is 1.06. The molecule has 1 unspecified atom stereocenters. The molecule has 0 aliphatic rings. The first kappa shape index (κ1) is 20.2. The van der Waals surface area contributed by atoms with E-state index in [4.69, 9.17) is 11.6 Å². The van der Waals surface area contributed by atoms with E-state index in [0.29, 0.717) is 17.5 Å². The number of halogens is 1. The summed E-state index contributed by atoms with van der Waals surface area (Å²) >= 11 is 5.90. The van der Waals surface area contributed by atoms with Crippen LogP contribution in [-0.4, -0.2) is 39.5 Å². The van der Waals surface area contributed by atoms with Crippen LogP contribution >= 0.6 is 11.6 Å². The summed E-state index contributed by atoms with van der Waals surface area (Å²) in [5, 5.41) is 7.00. The van der Waals surface area contributed by atoms with Crippen molar-refractivity contribution in [2.24, 2.45) is 4.99 Å². The number of sulfonamides is 1. The lowest BCUT2D eigenvalue weighted by atomic mass is 10.1. The number of nitrogens with zero attached hydrogens (tertiary/aromatic N) is 2. The summed E-state index contributed by atoms with van der Waals surface area (Å²) in [7, 11) is -1.90. The summed E-state index contributed by atoms with van der Waals surface area (Å²) in [5.74, 6) is 0.577. The van der Waals surface area contributed by atoms with Crippen LogP contribution in [0.15, 0.2) is 58.7 Å². The molecule has 0 aliphatic heterocycles. The first-order valence-corrected chi connectivity index (χ1v) is 9.91. The number of guanidine groups is 1. The maximum atomic E-state index is 12.1. The molecule has 3 N–H and O–H groups in total. The predicted octanol–water partition coefficient (Wildman–Crippen LogP) is 1.94. The van der Waals surface area contributed by atoms with Gasteiger partial charge in [0.1, 0.15) is 4.90 Å². The van der Waals surface area contributed by atoms with Gasteiger partial charge in [0, 0.05) is 37.6 Å². The fourth-order valence-electron chi connectivity index (χ4n) is 2.19. The Morgan fingerprint density at radius 1 is 1.23 bits per heavy atom. The van der Waals surface area contributed by atoms with Gasteiger partial charge in [-0.25, -0.2) is 13.1 Å². The third-order valence-electron chi connectivity index (χ3n) is 3.60. The molecule has 140 valence electrons. The highest BCUT2D eigenvalue weighted by Gasteiger charge is 2.13. The third kappa shape index (κ3) is 5.98. The smallest absolute Gasteiger partial charge is 0.242 e. The minimum atomic E-state index is -3.56. The van der Waals surface area contributed by atoms with Crippen LogP contribution in [0.1, 0.15) is 18.5 Å². The van der Waals surface area contributed by atoms with Gasteiger partial charge in [-0.15, -0.1) is 0 Å². The molecule has 0 fully saturated rings. The lowest BCUT2D eigenvalue weighted by Crippen LogP contribution is -2.42. The molecule has 9 heteroatoms. The van der Waals surface area contributed by atoms with E-state index in [2.05, 4.69) is 25.3 Å². The molecule has 0 amide bonds. The highest BCUT2D eigenvalue weighted by atomic mass is 35.5. The summed E-state index contributed by atoms with van der Waals surface area (Å²) in [6.07, 6.45) is 2.84. The Morgan fingerprint density at radius 3 is 2.58 bits per heavy atom. The number of aliphatic imine (C=N–C) groups is 1. The van der Waals surface area contributed by atoms with Gasteiger partial charge >= 0.3 is 0 Å². The van der Waals surface area contributed by atoms with E-state index < -0.39 is 10.0 Å². The fourth-order valence-corrected chi connectivity index (χ4v) is 3.31. The number of pyridine rings is 1. The molecule has 0 spiro atoms. The molecule has 0 radical (unpaired) electrons. The Bertz CT molecular complexity index is 826. The number of hydrogen-bond acceptors (Lipinski definition) is 4. The first-order valence-electron chi connectivity index (χ1n) is 8.04. The molecule has 0 bridgehead atoms. The quantitative estimate of drug-likeness (QED) is 0.378. The minimum absolute atomic E-state index is 0.0190. The SMILES string of the molecule is CN=C(NCCNS(=O)(=O)c1cccnc1)NC(C)c1ccc(Cl)cc1. The topological polar surface area (TPSA) is 95.5 Å². The average Bonchev–Trinajstić information content (AvgIpc) is 2.65. The molecule has 26 heavy (non-hydrogen) atoms. The highest BCUT2D eigenvalue weighted by molar-refractivity contribution is 7.89. The number of benzene rings is 1. The third-order valence-corrected chi connectivity index (χ3v) is 5.30. The molecule has 1 heterocycles. The molecule has 1 aromatic carbocycles. The number of aromatic nitrogens is 1. The first-order chi connectivity index (χ1) is 12.4. The molecule has 7 nitrogen and oxygen atoms in total. The van der Waals surface area contributed by atoms with E-state index in [1.54, 1.807) is 13.1 Å². The van der Waals surface area contributed by atoms with E-state index in [1.807, 2.05) is 31.2 Å². The van der Waals surface area contributed by atoms with Crippen molar-refractivity contribution < 1.29 is 8.42 Å². The lowest BCUT2D eigenvalue weighted by Gasteiger charge is -2.18. The van der Waals surface area contributed by atoms with Crippen LogP contribution in [0.4, 0.5) is 0 Å². The van der Waals surface area contributed by atoms with Crippen molar-refractivity contribution in [3.63, 3.8) is 0 Å². The van der Waals surface area contributed by atoms with E-state index in [1.165, 1.54) is 18.5 Å². The Hall–Kier alpha value is -2.16. The normalized spacial score (nSPS) is 13.3. The average molecular weight is 396 g/mol. The minimum Gasteiger partial charge on any atom is -0.355 e. The lowest BCUT2D eigenvalue weighted by molar-refractivity contribution is 0.579. The summed E-state index contributed by atoms with van der Waals surface area (Å²) in [6.45, 7) is 2.60. The van der Waals surface area contributed by atoms with Crippen molar-refractivity contribution in [2.45, 2.75) is 17.9 Å². The van der Waals surface area contributed by atoms with Crippen LogP contribution in [0.25, 0.3) is 0 Å². The standard InChI is InChI=1S/C17H22ClN5O2S/c1-13(14-5-7-15(18)8-6-14)23-17(19-2)21-10-11-22-26(24,25)16-4-3-9-20-12-16/h3-9,12-13,22H,10-11H2,1-2H3,(H2,19,21,23). The van der Waals surface area contributed by atoms with Crippen molar-refractivity contribution in [2.75, 3.05) is 20.1 Å². The molecule has 0 saturated carbocycles. The van der Waals surface area contributed by atoms with E-state index in [0.717, 1.165) is 5.56 Å². The second-order valence-corrected chi connectivity index (χ2v) is 7.71. The van der Waals surface area contributed by atoms with Crippen molar-refractivity contribution in [3.05, 3.63) is 59.4 Å². The van der Waals surface area contributed by atoms with Gasteiger partial charge in [-0.3, -0.25) is 9.98 Å². The molecular formula is C17H22ClN5O2S. The van der Waals surface area contributed by atoms with Crippen LogP contribution in [0.3, 0.4) is 0 Å². The zero-order valence-corrected chi connectivity index (χ0v) is 16.2. The predicted molar refractivity (Wildman–Crippen MR) is 104 cm³/mol. The van der Waals surface area contributed by atoms with Gasteiger partial charge < -0.3 is 10.6 Å². The molecule has 2 rings (SSSR count). The van der Waals surface area contributed by atoms with Gasteiger partial charge in [0.15, 0.2) is 5.96 Å². The Morgan fingerprint density at radius 2 is 1.96 bits per heavy atom. The van der Waals surface area contributed by atoms with E-state index >= 15 is 0 Å². The van der Waals surface area contributed by atoms with Gasteiger partial charge in [0.05, 0.1) is 6.04 Å². The van der Waals surface area contributed by atoms with Crippen molar-refractivity contribution in [1.29, 1.82) is 0 Å². The number of hydrogen-bond donors (Lipinski definition) is 3. The second kappa shape index (κ2) is 9.51. The van der Waals surface area contributed by atoms with Gasteiger partial charge in [0.25, 0.3) is 0 Å². The summed E-state index contributed by atoms with van der Waals surface area (Å²) in [4.78, 5) is 8.10. The zero-order chi connectivity index (χ0) is 19.0. The van der Waals surface area contributed by atoms with Crippen molar-refractivity contribution in [1.82, 2.24) is 20.3 Å². The van der Waals surface area contributed by atoms with E-state index in [-0.39, 0.29) is 17.5 Å². The number of rotatable bonds is 7. The van der Waals surface area contributed by atoms with Crippen molar-refractivity contribution in [3.8, 4) is 0 Å². The van der Waals surface area contributed by atoms with Crippen LogP contribution in [-0.2, 0) is 10.0 Å². The second-order valence-electron chi connectivity index (χ2n) is 5.50. The Balaban J connectivity index is 1.81. The molecule has 2 aromatic rings. The van der Waals surface area contributed by atoms with Gasteiger partial charge in [-0.2, -0.15) is 0 Å². The maximum Gasteiger partial charge on any atom is 0.242 e. The molecule has 0 aliphatic carbocycles.